The number of rotatable bonds is 3. The summed E-state index contributed by atoms with van der Waals surface area (Å²) in [6, 6.07) is 0.199. The first-order chi connectivity index (χ1) is 7.72. The molecule has 0 bridgehead atoms. The summed E-state index contributed by atoms with van der Waals surface area (Å²) >= 11 is 0. The van der Waals surface area contributed by atoms with Crippen molar-refractivity contribution in [3.63, 3.8) is 0 Å². The fraction of sp³-hybridized carbons (Fsp3) is 0.667. The first-order valence-corrected chi connectivity index (χ1v) is 5.92. The Morgan fingerprint density at radius 2 is 2.12 bits per heavy atom. The molecule has 16 heavy (non-hydrogen) atoms. The van der Waals surface area contributed by atoms with Crippen LogP contribution in [-0.4, -0.2) is 34.3 Å². The van der Waals surface area contributed by atoms with Crippen molar-refractivity contribution in [2.45, 2.75) is 38.6 Å². The van der Waals surface area contributed by atoms with Crippen LogP contribution in [0.1, 0.15) is 38.2 Å². The molecule has 1 aromatic heterocycles. The number of hydrogen-bond donors (Lipinski definition) is 1. The maximum absolute atomic E-state index is 9.24. The van der Waals surface area contributed by atoms with Crippen LogP contribution in [0.5, 0.6) is 0 Å². The fourth-order valence-electron chi connectivity index (χ4n) is 2.07. The van der Waals surface area contributed by atoms with Gasteiger partial charge in [-0.2, -0.15) is 0 Å². The Bertz CT molecular complexity index is 337. The lowest BCUT2D eigenvalue weighted by molar-refractivity contribution is 0.265. The van der Waals surface area contributed by atoms with Crippen molar-refractivity contribution in [2.24, 2.45) is 0 Å². The molecule has 1 aromatic rings. The van der Waals surface area contributed by atoms with E-state index in [0.29, 0.717) is 5.92 Å². The van der Waals surface area contributed by atoms with E-state index in [4.69, 9.17) is 0 Å². The van der Waals surface area contributed by atoms with Crippen molar-refractivity contribution in [2.75, 3.05) is 18.1 Å². The van der Waals surface area contributed by atoms with Gasteiger partial charge in [-0.1, -0.05) is 13.8 Å². The Morgan fingerprint density at radius 3 is 2.69 bits per heavy atom. The van der Waals surface area contributed by atoms with E-state index < -0.39 is 0 Å². The number of aliphatic hydroxyl groups is 1. The van der Waals surface area contributed by atoms with Gasteiger partial charge in [0.2, 0.25) is 5.95 Å². The number of hydrogen-bond acceptors (Lipinski definition) is 4. The van der Waals surface area contributed by atoms with Crippen molar-refractivity contribution in [1.82, 2.24) is 9.97 Å². The Labute approximate surface area is 96.3 Å². The van der Waals surface area contributed by atoms with E-state index in [1.807, 2.05) is 12.4 Å². The minimum Gasteiger partial charge on any atom is -0.394 e. The van der Waals surface area contributed by atoms with Gasteiger partial charge in [-0.25, -0.2) is 9.97 Å². The zero-order valence-electron chi connectivity index (χ0n) is 9.93. The number of anilines is 1. The summed E-state index contributed by atoms with van der Waals surface area (Å²) < 4.78 is 0. The SMILES string of the molecule is CC(C)c1cnc(N2CCCC2CO)nc1. The van der Waals surface area contributed by atoms with E-state index in [1.165, 1.54) is 0 Å². The second-order valence-corrected chi connectivity index (χ2v) is 4.64. The Hall–Kier alpha value is -1.16. The minimum absolute atomic E-state index is 0.190. The van der Waals surface area contributed by atoms with Gasteiger partial charge in [0.05, 0.1) is 12.6 Å². The van der Waals surface area contributed by atoms with Crippen LogP contribution in [0.3, 0.4) is 0 Å². The van der Waals surface area contributed by atoms with Gasteiger partial charge in [0.15, 0.2) is 0 Å². The van der Waals surface area contributed by atoms with Crippen LogP contribution in [0.2, 0.25) is 0 Å². The summed E-state index contributed by atoms with van der Waals surface area (Å²) in [5.41, 5.74) is 1.16. The van der Waals surface area contributed by atoms with Gasteiger partial charge < -0.3 is 10.0 Å². The lowest BCUT2D eigenvalue weighted by atomic mass is 10.1. The third kappa shape index (κ3) is 2.16. The summed E-state index contributed by atoms with van der Waals surface area (Å²) in [7, 11) is 0. The fourth-order valence-corrected chi connectivity index (χ4v) is 2.07. The third-order valence-electron chi connectivity index (χ3n) is 3.17. The smallest absolute Gasteiger partial charge is 0.225 e. The lowest BCUT2D eigenvalue weighted by Gasteiger charge is -2.22. The van der Waals surface area contributed by atoms with Crippen molar-refractivity contribution < 1.29 is 5.11 Å². The molecule has 1 atom stereocenters. The van der Waals surface area contributed by atoms with E-state index in [9.17, 15) is 5.11 Å². The Kier molecular flexibility index (Phi) is 3.39. The molecule has 4 heteroatoms. The maximum atomic E-state index is 9.24. The molecule has 2 heterocycles. The number of aliphatic hydroxyl groups excluding tert-OH is 1. The summed E-state index contributed by atoms with van der Waals surface area (Å²) in [4.78, 5) is 10.9. The molecule has 1 saturated heterocycles. The summed E-state index contributed by atoms with van der Waals surface area (Å²) in [6.45, 7) is 5.40. The average molecular weight is 221 g/mol. The number of aromatic nitrogens is 2. The molecule has 1 unspecified atom stereocenters. The zero-order chi connectivity index (χ0) is 11.5. The molecule has 1 fully saturated rings. The Balaban J connectivity index is 2.15. The van der Waals surface area contributed by atoms with E-state index in [0.717, 1.165) is 30.9 Å². The van der Waals surface area contributed by atoms with E-state index >= 15 is 0 Å². The highest BCUT2D eigenvalue weighted by atomic mass is 16.3. The molecule has 1 aliphatic rings. The van der Waals surface area contributed by atoms with Gasteiger partial charge in [0.1, 0.15) is 0 Å². The van der Waals surface area contributed by atoms with Gasteiger partial charge >= 0.3 is 0 Å². The van der Waals surface area contributed by atoms with E-state index in [1.54, 1.807) is 0 Å². The highest BCUT2D eigenvalue weighted by Crippen LogP contribution is 2.22. The third-order valence-corrected chi connectivity index (χ3v) is 3.17. The quantitative estimate of drug-likeness (QED) is 0.841. The van der Waals surface area contributed by atoms with Crippen LogP contribution >= 0.6 is 0 Å². The van der Waals surface area contributed by atoms with Gasteiger partial charge in [-0.3, -0.25) is 0 Å². The predicted molar refractivity (Wildman–Crippen MR) is 63.6 cm³/mol. The van der Waals surface area contributed by atoms with Gasteiger partial charge in [-0.15, -0.1) is 0 Å². The topological polar surface area (TPSA) is 49.2 Å². The van der Waals surface area contributed by atoms with Crippen molar-refractivity contribution >= 4 is 5.95 Å². The molecule has 4 nitrogen and oxygen atoms in total. The van der Waals surface area contributed by atoms with Crippen LogP contribution in [0.4, 0.5) is 5.95 Å². The molecule has 2 rings (SSSR count). The molecule has 1 N–H and O–H groups in total. The molecule has 0 aromatic carbocycles. The summed E-state index contributed by atoms with van der Waals surface area (Å²) in [6.07, 6.45) is 5.92. The lowest BCUT2D eigenvalue weighted by Crippen LogP contribution is -2.33. The van der Waals surface area contributed by atoms with Crippen molar-refractivity contribution in [1.29, 1.82) is 0 Å². The van der Waals surface area contributed by atoms with Crippen LogP contribution in [0, 0.1) is 0 Å². The zero-order valence-corrected chi connectivity index (χ0v) is 9.93. The molecule has 0 spiro atoms. The van der Waals surface area contributed by atoms with Gasteiger partial charge in [0.25, 0.3) is 0 Å². The molecule has 1 aliphatic heterocycles. The molecule has 0 amide bonds. The second-order valence-electron chi connectivity index (χ2n) is 4.64. The van der Waals surface area contributed by atoms with Crippen molar-refractivity contribution in [3.05, 3.63) is 18.0 Å². The molecule has 0 radical (unpaired) electrons. The van der Waals surface area contributed by atoms with Crippen LogP contribution in [-0.2, 0) is 0 Å². The van der Waals surface area contributed by atoms with Crippen LogP contribution in [0.15, 0.2) is 12.4 Å². The number of nitrogens with zero attached hydrogens (tertiary/aromatic N) is 3. The molecule has 0 saturated carbocycles. The van der Waals surface area contributed by atoms with Gasteiger partial charge in [-0.05, 0) is 24.3 Å². The van der Waals surface area contributed by atoms with Crippen LogP contribution in [0.25, 0.3) is 0 Å². The van der Waals surface area contributed by atoms with Crippen LogP contribution < -0.4 is 4.90 Å². The van der Waals surface area contributed by atoms with Crippen molar-refractivity contribution in [3.8, 4) is 0 Å². The predicted octanol–water partition coefficient (Wildman–Crippen LogP) is 1.56. The summed E-state index contributed by atoms with van der Waals surface area (Å²) in [5, 5.41) is 9.24. The standard InChI is InChI=1S/C12H19N3O/c1-9(2)10-6-13-12(14-7-10)15-5-3-4-11(15)8-16/h6-7,9,11,16H,3-5,8H2,1-2H3. The highest BCUT2D eigenvalue weighted by molar-refractivity contribution is 5.33. The minimum atomic E-state index is 0.190. The normalized spacial score (nSPS) is 20.8. The van der Waals surface area contributed by atoms with E-state index in [2.05, 4.69) is 28.7 Å². The van der Waals surface area contributed by atoms with Gasteiger partial charge in [0, 0.05) is 18.9 Å². The highest BCUT2D eigenvalue weighted by Gasteiger charge is 2.25. The molecule has 88 valence electrons. The molecular weight excluding hydrogens is 202 g/mol. The average Bonchev–Trinajstić information content (AvgIpc) is 2.77. The maximum Gasteiger partial charge on any atom is 0.225 e. The monoisotopic (exact) mass is 221 g/mol. The first kappa shape index (κ1) is 11.3. The van der Waals surface area contributed by atoms with E-state index in [-0.39, 0.29) is 12.6 Å². The second kappa shape index (κ2) is 4.78. The first-order valence-electron chi connectivity index (χ1n) is 5.92. The Morgan fingerprint density at radius 1 is 1.44 bits per heavy atom. The summed E-state index contributed by atoms with van der Waals surface area (Å²) in [5.74, 6) is 1.21. The molecule has 0 aliphatic carbocycles. The molecular formula is C12H19N3O. The largest absolute Gasteiger partial charge is 0.394 e.